The van der Waals surface area contributed by atoms with Gasteiger partial charge in [0, 0.05) is 11.6 Å². The molecule has 7 nitrogen and oxygen atoms in total. The summed E-state index contributed by atoms with van der Waals surface area (Å²) < 4.78 is 16.0. The largest absolute Gasteiger partial charge is 0.497 e. The van der Waals surface area contributed by atoms with Crippen molar-refractivity contribution in [2.75, 3.05) is 19.5 Å². The lowest BCUT2D eigenvalue weighted by Crippen LogP contribution is -2.14. The fourth-order valence-corrected chi connectivity index (χ4v) is 2.63. The average Bonchev–Trinajstić information content (AvgIpc) is 3.06. The second-order valence-electron chi connectivity index (χ2n) is 5.83. The highest BCUT2D eigenvalue weighted by Gasteiger charge is 2.19. The molecule has 0 fully saturated rings. The van der Waals surface area contributed by atoms with Crippen LogP contribution < -0.4 is 14.8 Å². The van der Waals surface area contributed by atoms with E-state index < -0.39 is 6.09 Å². The molecule has 0 bridgehead atoms. The van der Waals surface area contributed by atoms with E-state index in [1.165, 1.54) is 0 Å². The summed E-state index contributed by atoms with van der Waals surface area (Å²) in [5.41, 5.74) is 3.44. The summed E-state index contributed by atoms with van der Waals surface area (Å²) in [4.78, 5) is 12.2. The molecule has 0 saturated carbocycles. The van der Waals surface area contributed by atoms with Gasteiger partial charge in [0.1, 0.15) is 23.8 Å². The third-order valence-electron chi connectivity index (χ3n) is 4.05. The zero-order valence-electron chi connectivity index (χ0n) is 15.4. The smallest absolute Gasteiger partial charge is 0.412 e. The monoisotopic (exact) mass is 367 g/mol. The molecule has 3 aromatic rings. The molecular formula is C20H21N3O4. The van der Waals surface area contributed by atoms with Crippen molar-refractivity contribution in [3.63, 3.8) is 0 Å². The van der Waals surface area contributed by atoms with Gasteiger partial charge in [-0.3, -0.25) is 10.4 Å². The van der Waals surface area contributed by atoms with Crippen molar-refractivity contribution in [2.24, 2.45) is 0 Å². The minimum atomic E-state index is -0.558. The van der Waals surface area contributed by atoms with Crippen molar-refractivity contribution >= 4 is 11.8 Å². The van der Waals surface area contributed by atoms with E-state index in [9.17, 15) is 4.79 Å². The van der Waals surface area contributed by atoms with Crippen molar-refractivity contribution < 1.29 is 19.0 Å². The van der Waals surface area contributed by atoms with Gasteiger partial charge in [0.25, 0.3) is 0 Å². The van der Waals surface area contributed by atoms with Crippen LogP contribution >= 0.6 is 0 Å². The van der Waals surface area contributed by atoms with E-state index in [2.05, 4.69) is 15.5 Å². The first-order chi connectivity index (χ1) is 13.1. The number of rotatable bonds is 6. The Hall–Kier alpha value is -3.48. The minimum absolute atomic E-state index is 0.185. The van der Waals surface area contributed by atoms with Crippen LogP contribution in [-0.2, 0) is 11.3 Å². The predicted octanol–water partition coefficient (Wildman–Crippen LogP) is 4.15. The lowest BCUT2D eigenvalue weighted by molar-refractivity contribution is 0.155. The number of nitrogens with zero attached hydrogens (tertiary/aromatic N) is 1. The number of anilines is 1. The Labute approximate surface area is 157 Å². The maximum Gasteiger partial charge on any atom is 0.412 e. The van der Waals surface area contributed by atoms with Gasteiger partial charge in [0.15, 0.2) is 0 Å². The Morgan fingerprint density at radius 1 is 1.11 bits per heavy atom. The number of H-pyrrole nitrogens is 1. The molecule has 3 rings (SSSR count). The van der Waals surface area contributed by atoms with Crippen molar-refractivity contribution in [1.29, 1.82) is 0 Å². The maximum absolute atomic E-state index is 12.2. The fourth-order valence-electron chi connectivity index (χ4n) is 2.63. The first-order valence-electron chi connectivity index (χ1n) is 8.37. The number of carbonyl (C=O) groups is 1. The van der Waals surface area contributed by atoms with Gasteiger partial charge < -0.3 is 14.2 Å². The number of aromatic amines is 1. The third kappa shape index (κ3) is 4.20. The summed E-state index contributed by atoms with van der Waals surface area (Å²) in [7, 11) is 3.15. The summed E-state index contributed by atoms with van der Waals surface area (Å²) in [6, 6.07) is 14.9. The predicted molar refractivity (Wildman–Crippen MR) is 102 cm³/mol. The zero-order chi connectivity index (χ0) is 19.2. The molecule has 1 aromatic heterocycles. The maximum atomic E-state index is 12.2. The molecule has 1 amide bonds. The third-order valence-corrected chi connectivity index (χ3v) is 4.05. The summed E-state index contributed by atoms with van der Waals surface area (Å²) in [5, 5.41) is 9.96. The topological polar surface area (TPSA) is 85.5 Å². The molecule has 0 aliphatic carbocycles. The van der Waals surface area contributed by atoms with E-state index in [0.717, 1.165) is 11.1 Å². The molecule has 27 heavy (non-hydrogen) atoms. The number of hydrogen-bond donors (Lipinski definition) is 2. The van der Waals surface area contributed by atoms with Crippen LogP contribution in [0.1, 0.15) is 11.3 Å². The first kappa shape index (κ1) is 18.3. The molecule has 0 spiro atoms. The average molecular weight is 367 g/mol. The van der Waals surface area contributed by atoms with Gasteiger partial charge in [0.05, 0.1) is 25.6 Å². The van der Waals surface area contributed by atoms with E-state index in [1.807, 2.05) is 43.3 Å². The number of carbonyl (C=O) groups excluding carboxylic acids is 1. The second kappa shape index (κ2) is 8.27. The normalized spacial score (nSPS) is 10.3. The van der Waals surface area contributed by atoms with Crippen LogP contribution in [0.2, 0.25) is 0 Å². The number of hydrogen-bond acceptors (Lipinski definition) is 5. The summed E-state index contributed by atoms with van der Waals surface area (Å²) in [5.74, 6) is 1.25. The van der Waals surface area contributed by atoms with Gasteiger partial charge in [-0.25, -0.2) is 4.79 Å². The SMILES string of the molecule is COc1ccc(-c2n[nH]c(C)c2NC(=O)OCc2ccccc2)c(OC)c1. The van der Waals surface area contributed by atoms with Gasteiger partial charge in [0.2, 0.25) is 0 Å². The van der Waals surface area contributed by atoms with Gasteiger partial charge in [-0.1, -0.05) is 30.3 Å². The molecule has 7 heteroatoms. The lowest BCUT2D eigenvalue weighted by atomic mass is 10.1. The standard InChI is InChI=1S/C20H21N3O4/c1-13-18(21-20(24)27-12-14-7-5-4-6-8-14)19(23-22-13)16-10-9-15(25-2)11-17(16)26-3/h4-11H,12H2,1-3H3,(H,21,24)(H,22,23). The number of aryl methyl sites for hydroxylation is 1. The molecule has 0 atom stereocenters. The van der Waals surface area contributed by atoms with Crippen LogP contribution in [0, 0.1) is 6.92 Å². The highest BCUT2D eigenvalue weighted by atomic mass is 16.5. The Morgan fingerprint density at radius 3 is 2.59 bits per heavy atom. The minimum Gasteiger partial charge on any atom is -0.497 e. The van der Waals surface area contributed by atoms with Crippen LogP contribution in [0.5, 0.6) is 11.5 Å². The van der Waals surface area contributed by atoms with Crippen molar-refractivity contribution in [3.05, 3.63) is 59.8 Å². The Bertz CT molecular complexity index is 922. The first-order valence-corrected chi connectivity index (χ1v) is 8.37. The van der Waals surface area contributed by atoms with Gasteiger partial charge >= 0.3 is 6.09 Å². The summed E-state index contributed by atoms with van der Waals surface area (Å²) in [6.07, 6.45) is -0.558. The van der Waals surface area contributed by atoms with Crippen LogP contribution in [0.4, 0.5) is 10.5 Å². The highest BCUT2D eigenvalue weighted by molar-refractivity contribution is 5.92. The van der Waals surface area contributed by atoms with E-state index >= 15 is 0 Å². The molecule has 0 radical (unpaired) electrons. The van der Waals surface area contributed by atoms with Crippen molar-refractivity contribution in [2.45, 2.75) is 13.5 Å². The number of ether oxygens (including phenoxy) is 3. The quantitative estimate of drug-likeness (QED) is 0.683. The summed E-state index contributed by atoms with van der Waals surface area (Å²) >= 11 is 0. The molecule has 1 heterocycles. The van der Waals surface area contributed by atoms with E-state index in [1.54, 1.807) is 26.4 Å². The lowest BCUT2D eigenvalue weighted by Gasteiger charge is -2.11. The highest BCUT2D eigenvalue weighted by Crippen LogP contribution is 2.37. The number of amides is 1. The van der Waals surface area contributed by atoms with Gasteiger partial charge in [-0.05, 0) is 24.6 Å². The van der Waals surface area contributed by atoms with Gasteiger partial charge in [-0.2, -0.15) is 5.10 Å². The number of benzene rings is 2. The number of methoxy groups -OCH3 is 2. The van der Waals surface area contributed by atoms with Crippen LogP contribution in [0.25, 0.3) is 11.3 Å². The van der Waals surface area contributed by atoms with E-state index in [-0.39, 0.29) is 6.61 Å². The Balaban J connectivity index is 1.80. The van der Waals surface area contributed by atoms with Crippen LogP contribution in [0.3, 0.4) is 0 Å². The molecule has 0 unspecified atom stereocenters. The summed E-state index contributed by atoms with van der Waals surface area (Å²) in [6.45, 7) is 2.00. The van der Waals surface area contributed by atoms with Crippen molar-refractivity contribution in [3.8, 4) is 22.8 Å². The second-order valence-corrected chi connectivity index (χ2v) is 5.83. The molecular weight excluding hydrogens is 346 g/mol. The molecule has 140 valence electrons. The van der Waals surface area contributed by atoms with Crippen LogP contribution in [-0.4, -0.2) is 30.5 Å². The van der Waals surface area contributed by atoms with E-state index in [4.69, 9.17) is 14.2 Å². The molecule has 0 aliphatic rings. The fraction of sp³-hybridized carbons (Fsp3) is 0.200. The molecule has 2 aromatic carbocycles. The van der Waals surface area contributed by atoms with Crippen molar-refractivity contribution in [1.82, 2.24) is 10.2 Å². The van der Waals surface area contributed by atoms with E-state index in [0.29, 0.717) is 28.6 Å². The van der Waals surface area contributed by atoms with Gasteiger partial charge in [-0.15, -0.1) is 0 Å². The molecule has 2 N–H and O–H groups in total. The number of aromatic nitrogens is 2. The van der Waals surface area contributed by atoms with Crippen LogP contribution in [0.15, 0.2) is 48.5 Å². The molecule has 0 saturated heterocycles. The Kier molecular flexibility index (Phi) is 5.61. The molecule has 0 aliphatic heterocycles. The Morgan fingerprint density at radius 2 is 1.89 bits per heavy atom. The zero-order valence-corrected chi connectivity index (χ0v) is 15.4. The number of nitrogens with one attached hydrogen (secondary N) is 2.